The first-order valence-electron chi connectivity index (χ1n) is 6.57. The molecule has 106 valence electrons. The Labute approximate surface area is 121 Å². The zero-order chi connectivity index (χ0) is 14.9. The lowest BCUT2D eigenvalue weighted by atomic mass is 9.97. The van der Waals surface area contributed by atoms with Gasteiger partial charge >= 0.3 is 0 Å². The van der Waals surface area contributed by atoms with Crippen molar-refractivity contribution >= 4 is 23.9 Å². The highest BCUT2D eigenvalue weighted by Gasteiger charge is 2.50. The van der Waals surface area contributed by atoms with Crippen LogP contribution in [0.1, 0.15) is 12.5 Å². The number of rotatable bonds is 3. The van der Waals surface area contributed by atoms with Crippen molar-refractivity contribution in [3.05, 3.63) is 48.3 Å². The Hall–Kier alpha value is -2.76. The molecule has 0 bridgehead atoms. The number of fused-ring (bicyclic) bond motifs is 1. The summed E-state index contributed by atoms with van der Waals surface area (Å²) in [5.41, 5.74) is -0.280. The number of carbonyl (C=O) groups is 2. The second-order valence-corrected chi connectivity index (χ2v) is 4.93. The number of nitrogens with one attached hydrogen (secondary N) is 1. The van der Waals surface area contributed by atoms with Crippen molar-refractivity contribution in [2.45, 2.75) is 19.0 Å². The third kappa shape index (κ3) is 2.24. The molecular weight excluding hydrogens is 268 g/mol. The molecular formula is C15H14N4O2. The summed E-state index contributed by atoms with van der Waals surface area (Å²) < 4.78 is 0. The van der Waals surface area contributed by atoms with Crippen LogP contribution in [-0.4, -0.2) is 34.4 Å². The quantitative estimate of drug-likeness (QED) is 0.893. The van der Waals surface area contributed by atoms with Crippen molar-refractivity contribution in [1.29, 1.82) is 0 Å². The van der Waals surface area contributed by atoms with Crippen molar-refractivity contribution < 1.29 is 9.59 Å². The first kappa shape index (κ1) is 13.2. The van der Waals surface area contributed by atoms with Gasteiger partial charge in [-0.3, -0.25) is 19.5 Å². The minimum Gasteiger partial charge on any atom is -0.325 e. The second kappa shape index (κ2) is 4.97. The van der Waals surface area contributed by atoms with E-state index >= 15 is 0 Å². The Bertz CT molecular complexity index is 678. The van der Waals surface area contributed by atoms with Crippen LogP contribution < -0.4 is 5.32 Å². The fourth-order valence-corrected chi connectivity index (χ4v) is 2.56. The van der Waals surface area contributed by atoms with Crippen molar-refractivity contribution in [2.24, 2.45) is 9.98 Å². The van der Waals surface area contributed by atoms with Crippen LogP contribution in [0, 0.1) is 0 Å². The zero-order valence-corrected chi connectivity index (χ0v) is 11.5. The van der Waals surface area contributed by atoms with Crippen LogP contribution in [0.3, 0.4) is 0 Å². The SMILES string of the molecule is CC(=O)NC1(Cc2ccccc2)C(=O)N=C2C=NC=CN21. The van der Waals surface area contributed by atoms with E-state index in [1.807, 2.05) is 30.3 Å². The molecule has 3 rings (SSSR count). The molecule has 1 aromatic rings. The molecule has 1 atom stereocenters. The van der Waals surface area contributed by atoms with E-state index in [0.717, 1.165) is 5.56 Å². The first-order valence-corrected chi connectivity index (χ1v) is 6.57. The van der Waals surface area contributed by atoms with Gasteiger partial charge in [0.2, 0.25) is 11.6 Å². The largest absolute Gasteiger partial charge is 0.325 e. The summed E-state index contributed by atoms with van der Waals surface area (Å²) in [5, 5.41) is 2.76. The summed E-state index contributed by atoms with van der Waals surface area (Å²) in [4.78, 5) is 33.7. The third-order valence-electron chi connectivity index (χ3n) is 3.41. The average Bonchev–Trinajstić information content (AvgIpc) is 2.72. The number of amidine groups is 1. The normalized spacial score (nSPS) is 23.0. The number of hydrogen-bond acceptors (Lipinski definition) is 4. The Morgan fingerprint density at radius 3 is 2.81 bits per heavy atom. The van der Waals surface area contributed by atoms with E-state index in [-0.39, 0.29) is 5.91 Å². The lowest BCUT2D eigenvalue weighted by molar-refractivity contribution is -0.133. The molecule has 0 aliphatic carbocycles. The van der Waals surface area contributed by atoms with Gasteiger partial charge in [0.15, 0.2) is 5.84 Å². The summed E-state index contributed by atoms with van der Waals surface area (Å²) >= 11 is 0. The number of aliphatic imine (C=N–C) groups is 2. The van der Waals surface area contributed by atoms with E-state index in [9.17, 15) is 9.59 Å². The lowest BCUT2D eigenvalue weighted by Crippen LogP contribution is -2.62. The Morgan fingerprint density at radius 1 is 1.33 bits per heavy atom. The summed E-state index contributed by atoms with van der Waals surface area (Å²) in [7, 11) is 0. The van der Waals surface area contributed by atoms with Gasteiger partial charge in [-0.25, -0.2) is 0 Å². The fourth-order valence-electron chi connectivity index (χ4n) is 2.56. The molecule has 2 heterocycles. The van der Waals surface area contributed by atoms with Crippen molar-refractivity contribution in [2.75, 3.05) is 0 Å². The third-order valence-corrected chi connectivity index (χ3v) is 3.41. The highest BCUT2D eigenvalue weighted by molar-refractivity contribution is 6.35. The summed E-state index contributed by atoms with van der Waals surface area (Å²) in [6.45, 7) is 1.39. The predicted octanol–water partition coefficient (Wildman–Crippen LogP) is 0.858. The monoisotopic (exact) mass is 282 g/mol. The minimum absolute atomic E-state index is 0.286. The molecule has 1 unspecified atom stereocenters. The number of hydrogen-bond donors (Lipinski definition) is 1. The smallest absolute Gasteiger partial charge is 0.295 e. The molecule has 6 heteroatoms. The van der Waals surface area contributed by atoms with E-state index in [2.05, 4.69) is 15.3 Å². The maximum Gasteiger partial charge on any atom is 0.295 e. The van der Waals surface area contributed by atoms with Crippen LogP contribution in [0.25, 0.3) is 0 Å². The predicted molar refractivity (Wildman–Crippen MR) is 78.6 cm³/mol. The Balaban J connectivity index is 2.02. The second-order valence-electron chi connectivity index (χ2n) is 4.93. The molecule has 0 saturated heterocycles. The van der Waals surface area contributed by atoms with Crippen LogP contribution in [0.4, 0.5) is 0 Å². The van der Waals surface area contributed by atoms with Gasteiger partial charge in [0, 0.05) is 25.7 Å². The van der Waals surface area contributed by atoms with Gasteiger partial charge in [0.25, 0.3) is 5.91 Å². The molecule has 0 radical (unpaired) electrons. The van der Waals surface area contributed by atoms with Gasteiger partial charge in [-0.15, -0.1) is 0 Å². The van der Waals surface area contributed by atoms with E-state index < -0.39 is 11.6 Å². The fraction of sp³-hybridized carbons (Fsp3) is 0.200. The van der Waals surface area contributed by atoms with Gasteiger partial charge in [-0.1, -0.05) is 30.3 Å². The molecule has 6 nitrogen and oxygen atoms in total. The van der Waals surface area contributed by atoms with Crippen molar-refractivity contribution in [3.63, 3.8) is 0 Å². The molecule has 1 N–H and O–H groups in total. The molecule has 0 fully saturated rings. The number of amides is 2. The lowest BCUT2D eigenvalue weighted by Gasteiger charge is -2.36. The zero-order valence-electron chi connectivity index (χ0n) is 11.5. The van der Waals surface area contributed by atoms with Crippen molar-refractivity contribution in [1.82, 2.24) is 10.2 Å². The van der Waals surface area contributed by atoms with E-state index in [4.69, 9.17) is 0 Å². The first-order chi connectivity index (χ1) is 10.1. The highest BCUT2D eigenvalue weighted by Crippen LogP contribution is 2.28. The highest BCUT2D eigenvalue weighted by atomic mass is 16.2. The maximum atomic E-state index is 12.5. The summed E-state index contributed by atoms with van der Waals surface area (Å²) in [6.07, 6.45) is 5.06. The Kier molecular flexibility index (Phi) is 3.13. The van der Waals surface area contributed by atoms with E-state index in [1.165, 1.54) is 13.1 Å². The van der Waals surface area contributed by atoms with Gasteiger partial charge in [0.05, 0.1) is 6.21 Å². The van der Waals surface area contributed by atoms with Crippen LogP contribution in [0.15, 0.2) is 52.7 Å². The minimum atomic E-state index is -1.22. The molecule has 0 spiro atoms. The van der Waals surface area contributed by atoms with Crippen molar-refractivity contribution in [3.8, 4) is 0 Å². The van der Waals surface area contributed by atoms with E-state index in [1.54, 1.807) is 17.3 Å². The van der Waals surface area contributed by atoms with Crippen LogP contribution in [0.5, 0.6) is 0 Å². The topological polar surface area (TPSA) is 74.1 Å². The number of nitrogens with zero attached hydrogens (tertiary/aromatic N) is 3. The molecule has 0 aromatic heterocycles. The van der Waals surface area contributed by atoms with Crippen LogP contribution >= 0.6 is 0 Å². The molecule has 2 aliphatic heterocycles. The Morgan fingerprint density at radius 2 is 2.10 bits per heavy atom. The summed E-state index contributed by atoms with van der Waals surface area (Å²) in [5.74, 6) is -0.242. The van der Waals surface area contributed by atoms with Gasteiger partial charge in [-0.2, -0.15) is 4.99 Å². The molecule has 21 heavy (non-hydrogen) atoms. The van der Waals surface area contributed by atoms with Gasteiger partial charge in [0.1, 0.15) is 0 Å². The van der Waals surface area contributed by atoms with Gasteiger partial charge < -0.3 is 5.32 Å². The van der Waals surface area contributed by atoms with E-state index in [0.29, 0.717) is 12.3 Å². The summed E-state index contributed by atoms with van der Waals surface area (Å²) in [6, 6.07) is 9.52. The molecule has 2 aliphatic rings. The van der Waals surface area contributed by atoms with Crippen LogP contribution in [-0.2, 0) is 16.0 Å². The average molecular weight is 282 g/mol. The molecule has 2 amide bonds. The van der Waals surface area contributed by atoms with Crippen LogP contribution in [0.2, 0.25) is 0 Å². The van der Waals surface area contributed by atoms with Gasteiger partial charge in [-0.05, 0) is 5.56 Å². The number of carbonyl (C=O) groups excluding carboxylic acids is 2. The maximum absolute atomic E-state index is 12.5. The number of benzene rings is 1. The molecule has 1 aromatic carbocycles. The standard InChI is InChI=1S/C15H14N4O2/c1-11(20)18-15(9-12-5-3-2-4-6-12)14(21)17-13-10-16-7-8-19(13)15/h2-8,10H,9H2,1H3,(H,18,20). The molecule has 0 saturated carbocycles.